The number of halogens is 1. The Kier molecular flexibility index (Phi) is 5.69. The van der Waals surface area contributed by atoms with Crippen molar-refractivity contribution in [3.63, 3.8) is 0 Å². The number of carbonyl (C=O) groups excluding carboxylic acids is 2. The summed E-state index contributed by atoms with van der Waals surface area (Å²) in [5, 5.41) is 3.93. The molecule has 2 amide bonds. The van der Waals surface area contributed by atoms with Crippen LogP contribution in [0, 0.1) is 18.8 Å². The number of H-pyrrole nitrogens is 1. The molecule has 1 fully saturated rings. The standard InChI is InChI=1S/C24H26BrN3O2/c1-14-10-15(2)13-28(12-14)24(30)17-9-8-16(3)20(11-17)27-23(29)22-21(25)18-6-4-5-7-19(18)26-22/h4-9,11,14-15,26H,10,12-13H2,1-3H3,(H,27,29). The normalized spacial score (nSPS) is 19.1. The Morgan fingerprint density at radius 2 is 1.80 bits per heavy atom. The van der Waals surface area contributed by atoms with Gasteiger partial charge in [0.05, 0.1) is 4.47 Å². The van der Waals surface area contributed by atoms with Gasteiger partial charge >= 0.3 is 0 Å². The molecule has 1 saturated heterocycles. The van der Waals surface area contributed by atoms with E-state index in [1.54, 1.807) is 6.07 Å². The minimum absolute atomic E-state index is 0.0238. The van der Waals surface area contributed by atoms with E-state index in [-0.39, 0.29) is 11.8 Å². The van der Waals surface area contributed by atoms with Gasteiger partial charge in [-0.2, -0.15) is 0 Å². The predicted molar refractivity (Wildman–Crippen MR) is 124 cm³/mol. The van der Waals surface area contributed by atoms with Crippen molar-refractivity contribution < 1.29 is 9.59 Å². The van der Waals surface area contributed by atoms with Crippen molar-refractivity contribution in [3.05, 3.63) is 63.8 Å². The molecular weight excluding hydrogens is 442 g/mol. The highest BCUT2D eigenvalue weighted by Crippen LogP contribution is 2.29. The van der Waals surface area contributed by atoms with Gasteiger partial charge in [0.1, 0.15) is 5.69 Å². The first-order valence-corrected chi connectivity index (χ1v) is 11.1. The summed E-state index contributed by atoms with van der Waals surface area (Å²) in [7, 11) is 0. The summed E-state index contributed by atoms with van der Waals surface area (Å²) in [6.07, 6.45) is 1.15. The number of aryl methyl sites for hydroxylation is 1. The van der Waals surface area contributed by atoms with E-state index in [0.717, 1.165) is 40.4 Å². The molecule has 2 atom stereocenters. The van der Waals surface area contributed by atoms with Gasteiger partial charge in [-0.15, -0.1) is 0 Å². The third kappa shape index (κ3) is 4.01. The molecule has 0 spiro atoms. The van der Waals surface area contributed by atoms with Gasteiger partial charge in [0, 0.05) is 35.2 Å². The molecule has 1 aromatic heterocycles. The van der Waals surface area contributed by atoms with Crippen molar-refractivity contribution in [2.24, 2.45) is 11.8 Å². The first kappa shape index (κ1) is 20.7. The summed E-state index contributed by atoms with van der Waals surface area (Å²) in [5.74, 6) is 0.782. The van der Waals surface area contributed by atoms with Gasteiger partial charge < -0.3 is 15.2 Å². The van der Waals surface area contributed by atoms with Gasteiger partial charge in [0.25, 0.3) is 11.8 Å². The molecule has 1 aliphatic heterocycles. The number of carbonyl (C=O) groups is 2. The zero-order valence-corrected chi connectivity index (χ0v) is 19.0. The molecule has 0 bridgehead atoms. The minimum atomic E-state index is -0.244. The van der Waals surface area contributed by atoms with Crippen LogP contribution in [-0.2, 0) is 0 Å². The maximum Gasteiger partial charge on any atom is 0.273 e. The average molecular weight is 468 g/mol. The SMILES string of the molecule is Cc1ccc(C(=O)N2CC(C)CC(C)C2)cc1NC(=O)c1[nH]c2ccccc2c1Br. The van der Waals surface area contributed by atoms with Crippen LogP contribution in [0.25, 0.3) is 10.9 Å². The quantitative estimate of drug-likeness (QED) is 0.525. The first-order valence-electron chi connectivity index (χ1n) is 10.3. The van der Waals surface area contributed by atoms with Crippen LogP contribution in [0.1, 0.15) is 46.7 Å². The minimum Gasteiger partial charge on any atom is -0.350 e. The molecule has 156 valence electrons. The van der Waals surface area contributed by atoms with Crippen LogP contribution >= 0.6 is 15.9 Å². The number of amides is 2. The average Bonchev–Trinajstić information content (AvgIpc) is 3.05. The third-order valence-corrected chi connectivity index (χ3v) is 6.58. The molecule has 0 saturated carbocycles. The fraction of sp³-hybridized carbons (Fsp3) is 0.333. The first-order chi connectivity index (χ1) is 14.3. The summed E-state index contributed by atoms with van der Waals surface area (Å²) >= 11 is 3.53. The Labute approximate surface area is 185 Å². The van der Waals surface area contributed by atoms with Gasteiger partial charge in [-0.05, 0) is 64.9 Å². The highest BCUT2D eigenvalue weighted by atomic mass is 79.9. The van der Waals surface area contributed by atoms with Gasteiger partial charge in [-0.3, -0.25) is 9.59 Å². The van der Waals surface area contributed by atoms with Gasteiger partial charge in [0.2, 0.25) is 0 Å². The number of likely N-dealkylation sites (tertiary alicyclic amines) is 1. The summed E-state index contributed by atoms with van der Waals surface area (Å²) in [6.45, 7) is 7.86. The lowest BCUT2D eigenvalue weighted by atomic mass is 9.91. The Balaban J connectivity index is 1.58. The number of benzene rings is 2. The molecule has 2 heterocycles. The Hall–Kier alpha value is -2.60. The van der Waals surface area contributed by atoms with Crippen LogP contribution in [0.4, 0.5) is 5.69 Å². The van der Waals surface area contributed by atoms with Crippen molar-refractivity contribution in [1.82, 2.24) is 9.88 Å². The monoisotopic (exact) mass is 467 g/mol. The molecule has 5 nitrogen and oxygen atoms in total. The van der Waals surface area contributed by atoms with Crippen molar-refractivity contribution in [2.45, 2.75) is 27.2 Å². The summed E-state index contributed by atoms with van der Waals surface area (Å²) in [5.41, 5.74) is 3.52. The number of nitrogens with one attached hydrogen (secondary N) is 2. The molecule has 1 aliphatic rings. The van der Waals surface area contributed by atoms with Gasteiger partial charge in [0.15, 0.2) is 0 Å². The van der Waals surface area contributed by atoms with E-state index in [1.807, 2.05) is 48.2 Å². The smallest absolute Gasteiger partial charge is 0.273 e. The summed E-state index contributed by atoms with van der Waals surface area (Å²) in [4.78, 5) is 31.1. The Bertz CT molecular complexity index is 1110. The lowest BCUT2D eigenvalue weighted by Gasteiger charge is -2.35. The molecule has 30 heavy (non-hydrogen) atoms. The number of hydrogen-bond acceptors (Lipinski definition) is 2. The number of rotatable bonds is 3. The molecule has 2 N–H and O–H groups in total. The molecule has 4 rings (SSSR count). The fourth-order valence-corrected chi connectivity index (χ4v) is 4.97. The van der Waals surface area contributed by atoms with E-state index >= 15 is 0 Å². The zero-order chi connectivity index (χ0) is 21.4. The topological polar surface area (TPSA) is 65.2 Å². The van der Waals surface area contributed by atoms with Crippen LogP contribution in [0.5, 0.6) is 0 Å². The van der Waals surface area contributed by atoms with Crippen LogP contribution in [0.2, 0.25) is 0 Å². The van der Waals surface area contributed by atoms with E-state index in [4.69, 9.17) is 0 Å². The molecule has 2 aromatic carbocycles. The van der Waals surface area contributed by atoms with Crippen LogP contribution in [0.3, 0.4) is 0 Å². The number of para-hydroxylation sites is 1. The molecule has 0 radical (unpaired) electrons. The second-order valence-electron chi connectivity index (χ2n) is 8.50. The van der Waals surface area contributed by atoms with E-state index in [0.29, 0.717) is 28.8 Å². The zero-order valence-electron chi connectivity index (χ0n) is 17.5. The number of fused-ring (bicyclic) bond motifs is 1. The maximum atomic E-state index is 13.1. The largest absolute Gasteiger partial charge is 0.350 e. The third-order valence-electron chi connectivity index (χ3n) is 5.76. The van der Waals surface area contributed by atoms with Gasteiger partial charge in [-0.1, -0.05) is 38.1 Å². The number of hydrogen-bond donors (Lipinski definition) is 2. The Morgan fingerprint density at radius 3 is 2.50 bits per heavy atom. The van der Waals surface area contributed by atoms with Crippen molar-refractivity contribution in [2.75, 3.05) is 18.4 Å². The van der Waals surface area contributed by atoms with E-state index in [2.05, 4.69) is 40.1 Å². The second kappa shape index (κ2) is 8.26. The van der Waals surface area contributed by atoms with Crippen molar-refractivity contribution in [3.8, 4) is 0 Å². The summed E-state index contributed by atoms with van der Waals surface area (Å²) < 4.78 is 0.733. The number of aromatic amines is 1. The summed E-state index contributed by atoms with van der Waals surface area (Å²) in [6, 6.07) is 13.3. The molecule has 0 aliphatic carbocycles. The molecule has 6 heteroatoms. The van der Waals surface area contributed by atoms with Crippen LogP contribution < -0.4 is 5.32 Å². The van der Waals surface area contributed by atoms with E-state index < -0.39 is 0 Å². The lowest BCUT2D eigenvalue weighted by Crippen LogP contribution is -2.42. The number of anilines is 1. The molecular formula is C24H26BrN3O2. The van der Waals surface area contributed by atoms with Crippen LogP contribution in [0.15, 0.2) is 46.9 Å². The number of piperidine rings is 1. The number of aromatic nitrogens is 1. The van der Waals surface area contributed by atoms with Crippen molar-refractivity contribution >= 4 is 44.3 Å². The van der Waals surface area contributed by atoms with E-state index in [9.17, 15) is 9.59 Å². The second-order valence-corrected chi connectivity index (χ2v) is 9.29. The predicted octanol–water partition coefficient (Wildman–Crippen LogP) is 5.61. The number of nitrogens with zero attached hydrogens (tertiary/aromatic N) is 1. The van der Waals surface area contributed by atoms with E-state index in [1.165, 1.54) is 0 Å². The molecule has 2 unspecified atom stereocenters. The van der Waals surface area contributed by atoms with Crippen LogP contribution in [-0.4, -0.2) is 34.8 Å². The molecule has 3 aromatic rings. The fourth-order valence-electron chi connectivity index (χ4n) is 4.35. The highest BCUT2D eigenvalue weighted by molar-refractivity contribution is 9.10. The highest BCUT2D eigenvalue weighted by Gasteiger charge is 2.26. The van der Waals surface area contributed by atoms with Gasteiger partial charge in [-0.25, -0.2) is 0 Å². The Morgan fingerprint density at radius 1 is 1.10 bits per heavy atom. The lowest BCUT2D eigenvalue weighted by molar-refractivity contribution is 0.0623. The maximum absolute atomic E-state index is 13.1. The van der Waals surface area contributed by atoms with Crippen molar-refractivity contribution in [1.29, 1.82) is 0 Å².